The highest BCUT2D eigenvalue weighted by atomic mass is 32.2. The molecule has 1 saturated heterocycles. The lowest BCUT2D eigenvalue weighted by atomic mass is 10.2. The van der Waals surface area contributed by atoms with Crippen LogP contribution >= 0.6 is 11.8 Å². The Labute approximate surface area is 107 Å². The molecule has 1 fully saturated rings. The number of nitrogens with one attached hydrogen (secondary N) is 1. The number of hydrogen-bond acceptors (Lipinski definition) is 4. The molecule has 1 aromatic heterocycles. The first-order valence-corrected chi connectivity index (χ1v) is 7.42. The number of ether oxygens (including phenoxy) is 1. The standard InChI is InChI=1S/C12H21N3OS/c1-3-17-7-5-13-12-8-14-15(10(12)2)11-4-6-16-9-11/h8,11,13H,3-7,9H2,1-2H3. The maximum absolute atomic E-state index is 5.40. The van der Waals surface area contributed by atoms with Crippen LogP contribution in [-0.4, -0.2) is 41.0 Å². The summed E-state index contributed by atoms with van der Waals surface area (Å²) in [5.74, 6) is 2.33. The molecule has 0 aromatic carbocycles. The fraction of sp³-hybridized carbons (Fsp3) is 0.750. The second-order valence-corrected chi connectivity index (χ2v) is 5.62. The topological polar surface area (TPSA) is 39.1 Å². The largest absolute Gasteiger partial charge is 0.381 e. The molecular formula is C12H21N3OS. The van der Waals surface area contributed by atoms with Crippen molar-refractivity contribution in [2.75, 3.05) is 36.6 Å². The molecule has 1 N–H and O–H groups in total. The van der Waals surface area contributed by atoms with Crippen LogP contribution in [-0.2, 0) is 4.74 Å². The number of anilines is 1. The minimum Gasteiger partial charge on any atom is -0.381 e. The number of thioether (sulfide) groups is 1. The maximum Gasteiger partial charge on any atom is 0.0778 e. The van der Waals surface area contributed by atoms with Crippen molar-refractivity contribution >= 4 is 17.4 Å². The quantitative estimate of drug-likeness (QED) is 0.792. The third kappa shape index (κ3) is 3.16. The van der Waals surface area contributed by atoms with Gasteiger partial charge in [0, 0.05) is 18.9 Å². The van der Waals surface area contributed by atoms with Crippen LogP contribution in [0.25, 0.3) is 0 Å². The maximum atomic E-state index is 5.40. The zero-order valence-corrected chi connectivity index (χ0v) is 11.4. The monoisotopic (exact) mass is 255 g/mol. The van der Waals surface area contributed by atoms with Crippen LogP contribution in [0.2, 0.25) is 0 Å². The van der Waals surface area contributed by atoms with E-state index in [9.17, 15) is 0 Å². The molecule has 1 atom stereocenters. The molecule has 0 spiro atoms. The van der Waals surface area contributed by atoms with E-state index in [2.05, 4.69) is 28.9 Å². The van der Waals surface area contributed by atoms with Crippen molar-refractivity contribution in [1.82, 2.24) is 9.78 Å². The molecule has 0 saturated carbocycles. The zero-order valence-electron chi connectivity index (χ0n) is 10.6. The summed E-state index contributed by atoms with van der Waals surface area (Å²) in [5.41, 5.74) is 2.38. The molecule has 17 heavy (non-hydrogen) atoms. The highest BCUT2D eigenvalue weighted by Gasteiger charge is 2.20. The number of aromatic nitrogens is 2. The first-order chi connectivity index (χ1) is 8.33. The fourth-order valence-electron chi connectivity index (χ4n) is 2.08. The van der Waals surface area contributed by atoms with Gasteiger partial charge in [0.1, 0.15) is 0 Å². The SMILES string of the molecule is CCSCCNc1cnn(C2CCOC2)c1C. The number of nitrogens with zero attached hydrogens (tertiary/aromatic N) is 2. The summed E-state index contributed by atoms with van der Waals surface area (Å²) in [6.07, 6.45) is 3.01. The van der Waals surface area contributed by atoms with Gasteiger partial charge in [-0.15, -0.1) is 0 Å². The second kappa shape index (κ2) is 6.31. The van der Waals surface area contributed by atoms with Gasteiger partial charge in [0.25, 0.3) is 0 Å². The highest BCUT2D eigenvalue weighted by Crippen LogP contribution is 2.23. The molecule has 0 bridgehead atoms. The zero-order chi connectivity index (χ0) is 12.1. The number of rotatable bonds is 6. The predicted octanol–water partition coefficient (Wildman–Crippen LogP) is 2.32. The van der Waals surface area contributed by atoms with E-state index in [1.165, 1.54) is 11.4 Å². The van der Waals surface area contributed by atoms with E-state index in [0.717, 1.165) is 37.6 Å². The smallest absolute Gasteiger partial charge is 0.0778 e. The molecule has 1 aromatic rings. The Balaban J connectivity index is 1.90. The Kier molecular flexibility index (Phi) is 4.74. The predicted molar refractivity (Wildman–Crippen MR) is 72.9 cm³/mol. The summed E-state index contributed by atoms with van der Waals surface area (Å²) < 4.78 is 7.50. The second-order valence-electron chi connectivity index (χ2n) is 4.23. The molecule has 0 aliphatic carbocycles. The van der Waals surface area contributed by atoms with Crippen LogP contribution in [0.1, 0.15) is 25.1 Å². The minimum absolute atomic E-state index is 0.426. The molecule has 96 valence electrons. The summed E-state index contributed by atoms with van der Waals surface area (Å²) in [4.78, 5) is 0. The molecule has 0 radical (unpaired) electrons. The van der Waals surface area contributed by atoms with Gasteiger partial charge in [-0.3, -0.25) is 4.68 Å². The molecule has 5 heteroatoms. The van der Waals surface area contributed by atoms with Gasteiger partial charge in [-0.25, -0.2) is 0 Å². The first-order valence-electron chi connectivity index (χ1n) is 6.26. The van der Waals surface area contributed by atoms with Crippen LogP contribution in [0.15, 0.2) is 6.20 Å². The lowest BCUT2D eigenvalue weighted by molar-refractivity contribution is 0.184. The van der Waals surface area contributed by atoms with E-state index in [0.29, 0.717) is 6.04 Å². The number of hydrogen-bond donors (Lipinski definition) is 1. The van der Waals surface area contributed by atoms with E-state index in [1.807, 2.05) is 18.0 Å². The normalized spacial score (nSPS) is 19.8. The average molecular weight is 255 g/mol. The van der Waals surface area contributed by atoms with Crippen molar-refractivity contribution in [3.63, 3.8) is 0 Å². The summed E-state index contributed by atoms with van der Waals surface area (Å²) >= 11 is 1.96. The third-order valence-corrected chi connectivity index (χ3v) is 3.96. The Morgan fingerprint density at radius 3 is 3.24 bits per heavy atom. The molecule has 1 aliphatic rings. The fourth-order valence-corrected chi connectivity index (χ4v) is 2.62. The molecule has 1 unspecified atom stereocenters. The van der Waals surface area contributed by atoms with Crippen LogP contribution in [0.3, 0.4) is 0 Å². The highest BCUT2D eigenvalue weighted by molar-refractivity contribution is 7.99. The molecule has 1 aliphatic heterocycles. The van der Waals surface area contributed by atoms with Gasteiger partial charge >= 0.3 is 0 Å². The lowest BCUT2D eigenvalue weighted by Crippen LogP contribution is -2.12. The summed E-state index contributed by atoms with van der Waals surface area (Å²) in [6.45, 7) is 6.98. The average Bonchev–Trinajstić information content (AvgIpc) is 2.95. The first kappa shape index (κ1) is 12.8. The molecule has 2 heterocycles. The van der Waals surface area contributed by atoms with Crippen molar-refractivity contribution in [1.29, 1.82) is 0 Å². The Morgan fingerprint density at radius 1 is 1.65 bits per heavy atom. The van der Waals surface area contributed by atoms with Gasteiger partial charge in [-0.1, -0.05) is 6.92 Å². The van der Waals surface area contributed by atoms with Crippen LogP contribution in [0.4, 0.5) is 5.69 Å². The van der Waals surface area contributed by atoms with Crippen molar-refractivity contribution < 1.29 is 4.74 Å². The van der Waals surface area contributed by atoms with Crippen molar-refractivity contribution in [3.05, 3.63) is 11.9 Å². The molecule has 4 nitrogen and oxygen atoms in total. The van der Waals surface area contributed by atoms with Crippen molar-refractivity contribution in [2.24, 2.45) is 0 Å². The molecular weight excluding hydrogens is 234 g/mol. The Hall–Kier alpha value is -0.680. The molecule has 0 amide bonds. The Bertz CT molecular complexity index is 348. The van der Waals surface area contributed by atoms with Gasteiger partial charge < -0.3 is 10.1 Å². The third-order valence-electron chi connectivity index (χ3n) is 3.06. The lowest BCUT2D eigenvalue weighted by Gasteiger charge is -2.11. The van der Waals surface area contributed by atoms with Crippen molar-refractivity contribution in [2.45, 2.75) is 26.3 Å². The van der Waals surface area contributed by atoms with E-state index >= 15 is 0 Å². The Morgan fingerprint density at radius 2 is 2.53 bits per heavy atom. The van der Waals surface area contributed by atoms with Gasteiger partial charge in [0.15, 0.2) is 0 Å². The van der Waals surface area contributed by atoms with Crippen LogP contribution < -0.4 is 5.32 Å². The summed E-state index contributed by atoms with van der Waals surface area (Å²) in [6, 6.07) is 0.426. The molecule has 2 rings (SSSR count). The minimum atomic E-state index is 0.426. The van der Waals surface area contributed by atoms with Gasteiger partial charge in [-0.05, 0) is 19.1 Å². The van der Waals surface area contributed by atoms with Crippen LogP contribution in [0.5, 0.6) is 0 Å². The van der Waals surface area contributed by atoms with Crippen molar-refractivity contribution in [3.8, 4) is 0 Å². The van der Waals surface area contributed by atoms with E-state index in [4.69, 9.17) is 4.74 Å². The van der Waals surface area contributed by atoms with E-state index in [-0.39, 0.29) is 0 Å². The van der Waals surface area contributed by atoms with Gasteiger partial charge in [0.2, 0.25) is 0 Å². The van der Waals surface area contributed by atoms with Crippen LogP contribution in [0, 0.1) is 6.92 Å². The van der Waals surface area contributed by atoms with E-state index in [1.54, 1.807) is 0 Å². The van der Waals surface area contributed by atoms with E-state index < -0.39 is 0 Å². The summed E-state index contributed by atoms with van der Waals surface area (Å²) in [7, 11) is 0. The van der Waals surface area contributed by atoms with Gasteiger partial charge in [0.05, 0.1) is 30.2 Å². The van der Waals surface area contributed by atoms with Gasteiger partial charge in [-0.2, -0.15) is 16.9 Å². The summed E-state index contributed by atoms with van der Waals surface area (Å²) in [5, 5.41) is 7.91.